The molecule has 0 heterocycles. The summed E-state index contributed by atoms with van der Waals surface area (Å²) in [6.45, 7) is -1.53. The summed E-state index contributed by atoms with van der Waals surface area (Å²) in [4.78, 5) is 10.8. The first-order valence-electron chi connectivity index (χ1n) is 5.79. The Balaban J connectivity index is 3.75. The van der Waals surface area contributed by atoms with Crippen molar-refractivity contribution in [3.63, 3.8) is 0 Å². The van der Waals surface area contributed by atoms with E-state index in [9.17, 15) is 9.18 Å². The largest absolute Gasteiger partial charge is 0.479 e. The molecule has 70 valence electrons. The van der Waals surface area contributed by atoms with Gasteiger partial charge in [-0.05, 0) is 0 Å². The van der Waals surface area contributed by atoms with Crippen molar-refractivity contribution in [2.45, 2.75) is 5.67 Å². The molecule has 1 rings (SSSR count). The minimum atomic E-state index is -3.44. The lowest BCUT2D eigenvalue weighted by Crippen LogP contribution is -2.34. The smallest absolute Gasteiger partial charge is 0.348 e. The summed E-state index contributed by atoms with van der Waals surface area (Å²) in [7, 11) is 0. The first-order valence-corrected chi connectivity index (χ1v) is 3.29. The molecule has 0 bridgehead atoms. The second-order valence-corrected chi connectivity index (χ2v) is 2.26. The molecule has 0 fully saturated rings. The van der Waals surface area contributed by atoms with Gasteiger partial charge in [0.1, 0.15) is 0 Å². The number of aliphatic hydroxyl groups excluding tert-OH is 1. The number of benzene rings is 1. The standard InChI is InChI=1S/C9H9FO3/c10-9(6-11,8(12)13)7-4-2-1-3-5-7/h1-5,11H,6H2,(H,12,13)/i1D,2D,3D,4D,5D. The molecule has 0 aromatic heterocycles. The van der Waals surface area contributed by atoms with E-state index in [2.05, 4.69) is 0 Å². The fourth-order valence-corrected chi connectivity index (χ4v) is 0.702. The number of aliphatic carboxylic acids is 1. The molecule has 0 aliphatic heterocycles. The average molecular weight is 189 g/mol. The van der Waals surface area contributed by atoms with E-state index in [1.54, 1.807) is 0 Å². The first-order chi connectivity index (χ1) is 8.18. The lowest BCUT2D eigenvalue weighted by Gasteiger charge is -2.17. The summed E-state index contributed by atoms with van der Waals surface area (Å²) < 4.78 is 50.7. The zero-order valence-corrected chi connectivity index (χ0v) is 6.39. The van der Waals surface area contributed by atoms with Crippen molar-refractivity contribution < 1.29 is 26.3 Å². The molecular weight excluding hydrogens is 175 g/mol. The SMILES string of the molecule is [2H]c1c([2H])c([2H])c(C(F)(CO)C(=O)O)c([2H])c1[2H]. The van der Waals surface area contributed by atoms with Crippen molar-refractivity contribution >= 4 is 5.97 Å². The zero-order chi connectivity index (χ0) is 14.2. The summed E-state index contributed by atoms with van der Waals surface area (Å²) in [5.41, 5.74) is -4.52. The van der Waals surface area contributed by atoms with Gasteiger partial charge < -0.3 is 10.2 Å². The molecule has 0 spiro atoms. The Kier molecular flexibility index (Phi) is 1.28. The fraction of sp³-hybridized carbons (Fsp3) is 0.222. The number of rotatable bonds is 3. The van der Waals surface area contributed by atoms with E-state index in [0.717, 1.165) is 0 Å². The number of carboxylic acid groups (broad SMARTS) is 1. The maximum absolute atomic E-state index is 14.1. The Morgan fingerprint density at radius 1 is 1.54 bits per heavy atom. The van der Waals surface area contributed by atoms with Crippen LogP contribution in [-0.2, 0) is 10.5 Å². The van der Waals surface area contributed by atoms with Gasteiger partial charge in [-0.15, -0.1) is 0 Å². The van der Waals surface area contributed by atoms with Crippen molar-refractivity contribution in [3.8, 4) is 0 Å². The van der Waals surface area contributed by atoms with Gasteiger partial charge in [0, 0.05) is 5.56 Å². The van der Waals surface area contributed by atoms with Crippen molar-refractivity contribution in [2.24, 2.45) is 0 Å². The normalized spacial score (nSPS) is 20.3. The van der Waals surface area contributed by atoms with Crippen LogP contribution in [0.15, 0.2) is 30.2 Å². The summed E-state index contributed by atoms with van der Waals surface area (Å²) in [6, 6.07) is -4.45. The molecule has 1 unspecified atom stereocenters. The molecule has 1 aromatic carbocycles. The quantitative estimate of drug-likeness (QED) is 0.743. The molecule has 13 heavy (non-hydrogen) atoms. The summed E-state index contributed by atoms with van der Waals surface area (Å²) in [5, 5.41) is 17.5. The Bertz CT molecular complexity index is 492. The number of carboxylic acids is 1. The van der Waals surface area contributed by atoms with Gasteiger partial charge >= 0.3 is 5.97 Å². The average Bonchev–Trinajstić information content (AvgIpc) is 2.33. The van der Waals surface area contributed by atoms with Crippen LogP contribution >= 0.6 is 0 Å². The predicted octanol–water partition coefficient (Wildman–Crippen LogP) is 0.928. The Morgan fingerprint density at radius 2 is 2.08 bits per heavy atom. The second-order valence-electron chi connectivity index (χ2n) is 2.26. The number of aliphatic hydroxyl groups is 1. The predicted molar refractivity (Wildman–Crippen MR) is 43.9 cm³/mol. The Labute approximate surface area is 81.5 Å². The van der Waals surface area contributed by atoms with E-state index in [1.165, 1.54) is 0 Å². The molecule has 0 saturated heterocycles. The van der Waals surface area contributed by atoms with Crippen LogP contribution in [0.2, 0.25) is 0 Å². The van der Waals surface area contributed by atoms with Gasteiger partial charge in [0.15, 0.2) is 0 Å². The van der Waals surface area contributed by atoms with Crippen LogP contribution in [0.4, 0.5) is 4.39 Å². The van der Waals surface area contributed by atoms with Crippen molar-refractivity contribution in [1.29, 1.82) is 0 Å². The Hall–Kier alpha value is -1.42. The monoisotopic (exact) mass is 189 g/mol. The van der Waals surface area contributed by atoms with Crippen LogP contribution in [0.3, 0.4) is 0 Å². The van der Waals surface area contributed by atoms with E-state index < -0.39 is 54.0 Å². The van der Waals surface area contributed by atoms with E-state index in [1.807, 2.05) is 0 Å². The molecular formula is C9H9FO3. The molecule has 1 aromatic rings. The summed E-state index contributed by atoms with van der Waals surface area (Å²) in [6.07, 6.45) is 0. The molecule has 0 aliphatic carbocycles. The second kappa shape index (κ2) is 3.53. The topological polar surface area (TPSA) is 57.5 Å². The summed E-state index contributed by atoms with van der Waals surface area (Å²) in [5.74, 6) is -2.12. The summed E-state index contributed by atoms with van der Waals surface area (Å²) >= 11 is 0. The molecule has 4 heteroatoms. The number of hydrogen-bond donors (Lipinski definition) is 2. The molecule has 1 atom stereocenters. The van der Waals surface area contributed by atoms with Crippen LogP contribution in [-0.4, -0.2) is 22.8 Å². The van der Waals surface area contributed by atoms with Gasteiger partial charge in [-0.3, -0.25) is 0 Å². The Morgan fingerprint density at radius 3 is 2.46 bits per heavy atom. The third-order valence-electron chi connectivity index (χ3n) is 1.45. The van der Waals surface area contributed by atoms with Crippen LogP contribution < -0.4 is 0 Å². The highest BCUT2D eigenvalue weighted by molar-refractivity contribution is 5.79. The zero-order valence-electron chi connectivity index (χ0n) is 11.4. The third kappa shape index (κ3) is 1.67. The minimum Gasteiger partial charge on any atom is -0.479 e. The van der Waals surface area contributed by atoms with Crippen LogP contribution in [0.25, 0.3) is 0 Å². The van der Waals surface area contributed by atoms with Gasteiger partial charge in [0.25, 0.3) is 5.67 Å². The van der Waals surface area contributed by atoms with Gasteiger partial charge in [-0.25, -0.2) is 9.18 Å². The van der Waals surface area contributed by atoms with Crippen LogP contribution in [0.1, 0.15) is 12.4 Å². The molecule has 0 radical (unpaired) electrons. The lowest BCUT2D eigenvalue weighted by molar-refractivity contribution is -0.154. The number of alkyl halides is 1. The van der Waals surface area contributed by atoms with Crippen LogP contribution in [0.5, 0.6) is 0 Å². The van der Waals surface area contributed by atoms with Crippen molar-refractivity contribution in [1.82, 2.24) is 0 Å². The van der Waals surface area contributed by atoms with Gasteiger partial charge in [0.05, 0.1) is 13.5 Å². The van der Waals surface area contributed by atoms with E-state index in [-0.39, 0.29) is 0 Å². The number of halogens is 1. The molecule has 3 nitrogen and oxygen atoms in total. The fourth-order valence-electron chi connectivity index (χ4n) is 0.702. The van der Waals surface area contributed by atoms with Gasteiger partial charge in [-0.1, -0.05) is 30.2 Å². The first kappa shape index (κ1) is 4.72. The minimum absolute atomic E-state index is 0.764. The van der Waals surface area contributed by atoms with Crippen molar-refractivity contribution in [3.05, 3.63) is 35.8 Å². The maximum atomic E-state index is 14.1. The highest BCUT2D eigenvalue weighted by Gasteiger charge is 2.39. The highest BCUT2D eigenvalue weighted by atomic mass is 19.1. The van der Waals surface area contributed by atoms with Crippen molar-refractivity contribution in [2.75, 3.05) is 6.61 Å². The highest BCUT2D eigenvalue weighted by Crippen LogP contribution is 2.25. The molecule has 0 aliphatic rings. The molecule has 2 N–H and O–H groups in total. The van der Waals surface area contributed by atoms with Crippen LogP contribution in [0, 0.1) is 0 Å². The lowest BCUT2D eigenvalue weighted by atomic mass is 9.97. The third-order valence-corrected chi connectivity index (χ3v) is 1.45. The van der Waals surface area contributed by atoms with Gasteiger partial charge in [0.2, 0.25) is 0 Å². The van der Waals surface area contributed by atoms with E-state index in [4.69, 9.17) is 17.1 Å². The molecule has 0 saturated carbocycles. The van der Waals surface area contributed by atoms with E-state index in [0.29, 0.717) is 0 Å². The van der Waals surface area contributed by atoms with E-state index >= 15 is 0 Å². The molecule has 0 amide bonds. The number of carbonyl (C=O) groups is 1. The maximum Gasteiger partial charge on any atom is 0.348 e. The number of hydrogen-bond acceptors (Lipinski definition) is 2. The van der Waals surface area contributed by atoms with Gasteiger partial charge in [-0.2, -0.15) is 0 Å².